The molecule has 2 unspecified atom stereocenters. The first-order chi connectivity index (χ1) is 10.1. The zero-order valence-electron chi connectivity index (χ0n) is 12.9. The summed E-state index contributed by atoms with van der Waals surface area (Å²) < 4.78 is 11.6. The molecular weight excluding hydrogens is 262 g/mol. The minimum Gasteiger partial charge on any atom is -0.494 e. The summed E-state index contributed by atoms with van der Waals surface area (Å²) in [6.45, 7) is 6.62. The molecule has 2 aromatic rings. The van der Waals surface area contributed by atoms with Crippen molar-refractivity contribution in [3.63, 3.8) is 0 Å². The second kappa shape index (κ2) is 7.14. The van der Waals surface area contributed by atoms with Gasteiger partial charge in [0.15, 0.2) is 0 Å². The Kier molecular flexibility index (Phi) is 5.23. The predicted octanol–water partition coefficient (Wildman–Crippen LogP) is 3.86. The lowest BCUT2D eigenvalue weighted by molar-refractivity contribution is 0.179. The second-order valence-corrected chi connectivity index (χ2v) is 5.22. The normalized spacial score (nSPS) is 13.5. The van der Waals surface area contributed by atoms with Crippen molar-refractivity contribution in [1.82, 2.24) is 0 Å². The number of nitrogens with two attached hydrogens (primary N) is 1. The van der Waals surface area contributed by atoms with Crippen LogP contribution in [-0.2, 0) is 0 Å². The molecule has 0 radical (unpaired) electrons. The van der Waals surface area contributed by atoms with Crippen molar-refractivity contribution in [3.8, 4) is 11.5 Å². The SMILES string of the molecule is CCOc1cccc(OC(c2ccc(C)cc2)C(C)N)c1. The standard InChI is InChI=1S/C18H23NO2/c1-4-20-16-6-5-7-17(12-16)21-18(14(3)19)15-10-8-13(2)9-11-15/h5-12,14,18H,4,19H2,1-3H3. The zero-order valence-corrected chi connectivity index (χ0v) is 12.9. The van der Waals surface area contributed by atoms with E-state index in [4.69, 9.17) is 15.2 Å². The van der Waals surface area contributed by atoms with E-state index in [1.807, 2.05) is 38.1 Å². The van der Waals surface area contributed by atoms with Crippen molar-refractivity contribution in [2.45, 2.75) is 32.9 Å². The van der Waals surface area contributed by atoms with Crippen molar-refractivity contribution < 1.29 is 9.47 Å². The molecule has 0 saturated heterocycles. The lowest BCUT2D eigenvalue weighted by Gasteiger charge is -2.23. The van der Waals surface area contributed by atoms with E-state index in [2.05, 4.69) is 31.2 Å². The van der Waals surface area contributed by atoms with Crippen LogP contribution in [0.3, 0.4) is 0 Å². The molecule has 2 atom stereocenters. The van der Waals surface area contributed by atoms with Gasteiger partial charge in [-0.05, 0) is 38.5 Å². The Morgan fingerprint density at radius 3 is 2.33 bits per heavy atom. The quantitative estimate of drug-likeness (QED) is 0.876. The summed E-state index contributed by atoms with van der Waals surface area (Å²) in [6, 6.07) is 15.8. The van der Waals surface area contributed by atoms with Crippen LogP contribution in [0.2, 0.25) is 0 Å². The molecule has 2 aromatic carbocycles. The lowest BCUT2D eigenvalue weighted by atomic mass is 10.0. The molecule has 0 aliphatic heterocycles. The van der Waals surface area contributed by atoms with Crippen molar-refractivity contribution in [2.75, 3.05) is 6.61 Å². The van der Waals surface area contributed by atoms with E-state index in [-0.39, 0.29) is 12.1 Å². The summed E-state index contributed by atoms with van der Waals surface area (Å²) in [5, 5.41) is 0. The third-order valence-electron chi connectivity index (χ3n) is 3.26. The van der Waals surface area contributed by atoms with Crippen molar-refractivity contribution >= 4 is 0 Å². The van der Waals surface area contributed by atoms with Gasteiger partial charge >= 0.3 is 0 Å². The second-order valence-electron chi connectivity index (χ2n) is 5.22. The van der Waals surface area contributed by atoms with Gasteiger partial charge in [0, 0.05) is 12.1 Å². The zero-order chi connectivity index (χ0) is 15.2. The maximum Gasteiger partial charge on any atom is 0.138 e. The Bertz CT molecular complexity index is 564. The fourth-order valence-corrected chi connectivity index (χ4v) is 2.19. The van der Waals surface area contributed by atoms with Crippen LogP contribution in [-0.4, -0.2) is 12.6 Å². The number of benzene rings is 2. The van der Waals surface area contributed by atoms with E-state index in [0.29, 0.717) is 6.61 Å². The predicted molar refractivity (Wildman–Crippen MR) is 85.8 cm³/mol. The summed E-state index contributed by atoms with van der Waals surface area (Å²) in [7, 11) is 0. The van der Waals surface area contributed by atoms with Crippen LogP contribution in [0.1, 0.15) is 31.1 Å². The fraction of sp³-hybridized carbons (Fsp3) is 0.333. The maximum absolute atomic E-state index is 6.10. The average Bonchev–Trinajstić information content (AvgIpc) is 2.46. The number of hydrogen-bond donors (Lipinski definition) is 1. The summed E-state index contributed by atoms with van der Waals surface area (Å²) in [4.78, 5) is 0. The summed E-state index contributed by atoms with van der Waals surface area (Å²) in [5.41, 5.74) is 8.40. The summed E-state index contributed by atoms with van der Waals surface area (Å²) in [5.74, 6) is 1.58. The Labute approximate surface area is 126 Å². The molecule has 0 amide bonds. The third-order valence-corrected chi connectivity index (χ3v) is 3.26. The molecule has 3 heteroatoms. The Hall–Kier alpha value is -2.00. The molecule has 0 aliphatic rings. The molecule has 0 aliphatic carbocycles. The Morgan fingerprint density at radius 2 is 1.71 bits per heavy atom. The highest BCUT2D eigenvalue weighted by Gasteiger charge is 2.18. The topological polar surface area (TPSA) is 44.5 Å². The van der Waals surface area contributed by atoms with Crippen LogP contribution in [0.25, 0.3) is 0 Å². The molecule has 2 rings (SSSR count). The van der Waals surface area contributed by atoms with E-state index in [1.165, 1.54) is 5.56 Å². The summed E-state index contributed by atoms with van der Waals surface area (Å²) >= 11 is 0. The largest absolute Gasteiger partial charge is 0.494 e. The van der Waals surface area contributed by atoms with Crippen LogP contribution >= 0.6 is 0 Å². The minimum atomic E-state index is -0.178. The minimum absolute atomic E-state index is 0.108. The molecule has 0 saturated carbocycles. The van der Waals surface area contributed by atoms with Gasteiger partial charge in [-0.1, -0.05) is 35.9 Å². The van der Waals surface area contributed by atoms with Crippen LogP contribution in [0.5, 0.6) is 11.5 Å². The van der Waals surface area contributed by atoms with E-state index in [1.54, 1.807) is 0 Å². The molecule has 112 valence electrons. The van der Waals surface area contributed by atoms with Crippen LogP contribution < -0.4 is 15.2 Å². The molecule has 0 bridgehead atoms. The molecule has 0 heterocycles. The van der Waals surface area contributed by atoms with Gasteiger partial charge < -0.3 is 15.2 Å². The van der Waals surface area contributed by atoms with Gasteiger partial charge in [0.2, 0.25) is 0 Å². The van der Waals surface area contributed by atoms with Gasteiger partial charge in [-0.2, -0.15) is 0 Å². The number of hydrogen-bond acceptors (Lipinski definition) is 3. The van der Waals surface area contributed by atoms with E-state index in [9.17, 15) is 0 Å². The Balaban J connectivity index is 2.20. The van der Waals surface area contributed by atoms with Gasteiger partial charge in [0.25, 0.3) is 0 Å². The highest BCUT2D eigenvalue weighted by Crippen LogP contribution is 2.27. The van der Waals surface area contributed by atoms with Crippen LogP contribution in [0.4, 0.5) is 0 Å². The number of ether oxygens (including phenoxy) is 2. The lowest BCUT2D eigenvalue weighted by Crippen LogP contribution is -2.29. The van der Waals surface area contributed by atoms with Crippen LogP contribution in [0.15, 0.2) is 48.5 Å². The Morgan fingerprint density at radius 1 is 1.05 bits per heavy atom. The van der Waals surface area contributed by atoms with E-state index < -0.39 is 0 Å². The molecule has 0 fully saturated rings. The van der Waals surface area contributed by atoms with Gasteiger partial charge in [0.05, 0.1) is 6.61 Å². The highest BCUT2D eigenvalue weighted by molar-refractivity contribution is 5.34. The smallest absolute Gasteiger partial charge is 0.138 e. The van der Waals surface area contributed by atoms with Gasteiger partial charge in [-0.25, -0.2) is 0 Å². The van der Waals surface area contributed by atoms with Crippen LogP contribution in [0, 0.1) is 6.92 Å². The molecule has 21 heavy (non-hydrogen) atoms. The van der Waals surface area contributed by atoms with Gasteiger partial charge in [-0.3, -0.25) is 0 Å². The molecule has 0 aromatic heterocycles. The maximum atomic E-state index is 6.10. The first kappa shape index (κ1) is 15.4. The van der Waals surface area contributed by atoms with Gasteiger partial charge in [-0.15, -0.1) is 0 Å². The van der Waals surface area contributed by atoms with Crippen molar-refractivity contribution in [2.24, 2.45) is 5.73 Å². The fourth-order valence-electron chi connectivity index (χ4n) is 2.19. The molecule has 0 spiro atoms. The first-order valence-corrected chi connectivity index (χ1v) is 7.32. The van der Waals surface area contributed by atoms with Gasteiger partial charge in [0.1, 0.15) is 17.6 Å². The number of aryl methyl sites for hydroxylation is 1. The molecule has 3 nitrogen and oxygen atoms in total. The molecular formula is C18H23NO2. The van der Waals surface area contributed by atoms with E-state index >= 15 is 0 Å². The van der Waals surface area contributed by atoms with Crippen molar-refractivity contribution in [1.29, 1.82) is 0 Å². The highest BCUT2D eigenvalue weighted by atomic mass is 16.5. The monoisotopic (exact) mass is 285 g/mol. The molecule has 2 N–H and O–H groups in total. The first-order valence-electron chi connectivity index (χ1n) is 7.32. The third kappa shape index (κ3) is 4.23. The van der Waals surface area contributed by atoms with Crippen molar-refractivity contribution in [3.05, 3.63) is 59.7 Å². The van der Waals surface area contributed by atoms with E-state index in [0.717, 1.165) is 17.1 Å². The summed E-state index contributed by atoms with van der Waals surface area (Å²) in [6.07, 6.45) is -0.178. The number of rotatable bonds is 6. The average molecular weight is 285 g/mol.